The molecule has 1 aliphatic carbocycles. The number of carbonyl (C=O) groups is 1. The van der Waals surface area contributed by atoms with Crippen LogP contribution in [0, 0.1) is 5.92 Å². The molecule has 3 heteroatoms. The predicted molar refractivity (Wildman–Crippen MR) is 123 cm³/mol. The van der Waals surface area contributed by atoms with E-state index in [2.05, 4.69) is 72.5 Å². The Balaban J connectivity index is 1.91. The zero-order valence-corrected chi connectivity index (χ0v) is 19.0. The van der Waals surface area contributed by atoms with Crippen LogP contribution in [-0.4, -0.2) is 22.5 Å². The second-order valence-corrected chi connectivity index (χ2v) is 9.65. The molecule has 0 amide bonds. The number of carbonyl (C=O) groups excluding carboxylic acids is 1. The summed E-state index contributed by atoms with van der Waals surface area (Å²) in [6.07, 6.45) is 5.36. The largest absolute Gasteiger partial charge is 0.460 e. The maximum absolute atomic E-state index is 12.9. The third-order valence-electron chi connectivity index (χ3n) is 6.15. The number of hydrogen-bond donors (Lipinski definition) is 0. The molecule has 3 rings (SSSR count). The predicted octanol–water partition coefficient (Wildman–Crippen LogP) is 6.54. The van der Waals surface area contributed by atoms with E-state index in [0.29, 0.717) is 12.3 Å². The van der Waals surface area contributed by atoms with Gasteiger partial charge in [-0.25, -0.2) is 0 Å². The van der Waals surface area contributed by atoms with Crippen molar-refractivity contribution in [3.63, 3.8) is 0 Å². The number of nitrogens with zero attached hydrogens (tertiary/aromatic N) is 1. The van der Waals surface area contributed by atoms with Gasteiger partial charge in [-0.1, -0.05) is 73.5 Å². The number of ether oxygens (including phenoxy) is 1. The molecule has 0 bridgehead atoms. The first-order valence-corrected chi connectivity index (χ1v) is 11.4. The van der Waals surface area contributed by atoms with Gasteiger partial charge in [0.15, 0.2) is 0 Å². The lowest BCUT2D eigenvalue weighted by molar-refractivity contribution is -0.157. The van der Waals surface area contributed by atoms with E-state index in [9.17, 15) is 4.79 Å². The molecule has 2 atom stereocenters. The Labute approximate surface area is 182 Å². The van der Waals surface area contributed by atoms with Gasteiger partial charge in [-0.3, -0.25) is 9.69 Å². The molecule has 2 aromatic rings. The first-order valence-electron chi connectivity index (χ1n) is 11.4. The Kier molecular flexibility index (Phi) is 7.71. The van der Waals surface area contributed by atoms with E-state index in [1.807, 2.05) is 20.8 Å². The monoisotopic (exact) mass is 407 g/mol. The van der Waals surface area contributed by atoms with Crippen LogP contribution >= 0.6 is 0 Å². The molecule has 0 radical (unpaired) electrons. The van der Waals surface area contributed by atoms with Gasteiger partial charge in [-0.2, -0.15) is 0 Å². The van der Waals surface area contributed by atoms with Crippen molar-refractivity contribution >= 4 is 5.97 Å². The third kappa shape index (κ3) is 6.43. The quantitative estimate of drug-likeness (QED) is 0.465. The molecular weight excluding hydrogens is 370 g/mol. The highest BCUT2D eigenvalue weighted by molar-refractivity contribution is 5.70. The van der Waals surface area contributed by atoms with Gasteiger partial charge in [0, 0.05) is 18.6 Å². The van der Waals surface area contributed by atoms with Crippen LogP contribution in [0.15, 0.2) is 60.7 Å². The van der Waals surface area contributed by atoms with E-state index < -0.39 is 5.60 Å². The van der Waals surface area contributed by atoms with Crippen molar-refractivity contribution in [2.45, 2.75) is 84.0 Å². The molecule has 0 heterocycles. The lowest BCUT2D eigenvalue weighted by atomic mass is 9.90. The Morgan fingerprint density at radius 1 is 1.00 bits per heavy atom. The Morgan fingerprint density at radius 2 is 1.57 bits per heavy atom. The first-order chi connectivity index (χ1) is 14.3. The minimum atomic E-state index is -0.452. The van der Waals surface area contributed by atoms with Gasteiger partial charge in [0.1, 0.15) is 5.60 Å². The van der Waals surface area contributed by atoms with E-state index >= 15 is 0 Å². The third-order valence-corrected chi connectivity index (χ3v) is 6.15. The number of esters is 1. The fourth-order valence-electron chi connectivity index (χ4n) is 4.71. The van der Waals surface area contributed by atoms with Gasteiger partial charge < -0.3 is 4.74 Å². The van der Waals surface area contributed by atoms with E-state index in [1.165, 1.54) is 36.8 Å². The van der Waals surface area contributed by atoms with Crippen molar-refractivity contribution in [3.05, 3.63) is 71.8 Å². The second-order valence-electron chi connectivity index (χ2n) is 9.65. The minimum Gasteiger partial charge on any atom is -0.460 e. The molecule has 0 N–H and O–H groups in total. The summed E-state index contributed by atoms with van der Waals surface area (Å²) in [5.41, 5.74) is 2.13. The van der Waals surface area contributed by atoms with Gasteiger partial charge in [-0.05, 0) is 57.6 Å². The van der Waals surface area contributed by atoms with Crippen LogP contribution in [0.25, 0.3) is 0 Å². The Morgan fingerprint density at radius 3 is 2.13 bits per heavy atom. The normalized spacial score (nSPS) is 17.1. The van der Waals surface area contributed by atoms with Gasteiger partial charge in [0.05, 0.1) is 6.42 Å². The van der Waals surface area contributed by atoms with Crippen molar-refractivity contribution < 1.29 is 9.53 Å². The van der Waals surface area contributed by atoms with Crippen molar-refractivity contribution in [2.24, 2.45) is 5.92 Å². The van der Waals surface area contributed by atoms with Crippen molar-refractivity contribution in [3.8, 4) is 0 Å². The molecule has 162 valence electrons. The molecule has 30 heavy (non-hydrogen) atoms. The Bertz CT molecular complexity index is 776. The summed E-state index contributed by atoms with van der Waals surface area (Å²) in [5, 5.41) is 0. The summed E-state index contributed by atoms with van der Waals surface area (Å²) in [6.45, 7) is 8.95. The van der Waals surface area contributed by atoms with Gasteiger partial charge in [0.2, 0.25) is 0 Å². The molecule has 2 aromatic carbocycles. The highest BCUT2D eigenvalue weighted by Gasteiger charge is 2.35. The molecular formula is C27H37NO2. The van der Waals surface area contributed by atoms with E-state index in [4.69, 9.17) is 4.74 Å². The molecule has 1 fully saturated rings. The van der Waals surface area contributed by atoms with Crippen LogP contribution < -0.4 is 0 Å². The smallest absolute Gasteiger partial charge is 0.307 e. The molecule has 0 aliphatic heterocycles. The summed E-state index contributed by atoms with van der Waals surface area (Å²) in [7, 11) is 0. The van der Waals surface area contributed by atoms with Crippen LogP contribution in [0.5, 0.6) is 0 Å². The fourth-order valence-corrected chi connectivity index (χ4v) is 4.71. The lowest BCUT2D eigenvalue weighted by Crippen LogP contribution is -2.43. The summed E-state index contributed by atoms with van der Waals surface area (Å²) in [5.74, 6) is 0.449. The van der Waals surface area contributed by atoms with E-state index in [1.54, 1.807) is 0 Å². The molecule has 3 nitrogen and oxygen atoms in total. The topological polar surface area (TPSA) is 29.5 Å². The van der Waals surface area contributed by atoms with Gasteiger partial charge in [-0.15, -0.1) is 0 Å². The molecule has 1 saturated carbocycles. The van der Waals surface area contributed by atoms with Gasteiger partial charge in [0.25, 0.3) is 0 Å². The average Bonchev–Trinajstić information content (AvgIpc) is 3.25. The first kappa shape index (κ1) is 22.6. The SMILES string of the molecule is C[C@@H](c1ccccc1)N(Cc1ccccc1)[C@H](CC(=O)OC(C)(C)C)C1CCCC1. The number of rotatable bonds is 8. The van der Waals surface area contributed by atoms with Gasteiger partial charge >= 0.3 is 5.97 Å². The highest BCUT2D eigenvalue weighted by atomic mass is 16.6. The highest BCUT2D eigenvalue weighted by Crippen LogP contribution is 2.37. The van der Waals surface area contributed by atoms with Crippen LogP contribution in [-0.2, 0) is 16.1 Å². The van der Waals surface area contributed by atoms with E-state index in [-0.39, 0.29) is 18.1 Å². The molecule has 0 saturated heterocycles. The zero-order chi connectivity index (χ0) is 21.6. The maximum Gasteiger partial charge on any atom is 0.307 e. The van der Waals surface area contributed by atoms with Crippen LogP contribution in [0.3, 0.4) is 0 Å². The van der Waals surface area contributed by atoms with Crippen molar-refractivity contribution in [1.29, 1.82) is 0 Å². The number of hydrogen-bond acceptors (Lipinski definition) is 3. The van der Waals surface area contributed by atoms with Crippen molar-refractivity contribution in [1.82, 2.24) is 4.90 Å². The summed E-state index contributed by atoms with van der Waals surface area (Å²) in [4.78, 5) is 15.4. The molecule has 0 aromatic heterocycles. The maximum atomic E-state index is 12.9. The van der Waals surface area contributed by atoms with E-state index in [0.717, 1.165) is 6.54 Å². The van der Waals surface area contributed by atoms with Crippen LogP contribution in [0.2, 0.25) is 0 Å². The standard InChI is InChI=1S/C27H37NO2/c1-21(23-15-9-6-10-16-23)28(20-22-13-7-5-8-14-22)25(24-17-11-12-18-24)19-26(29)30-27(2,3)4/h5-10,13-16,21,24-25H,11-12,17-20H2,1-4H3/t21-,25+/m0/s1. The molecule has 0 spiro atoms. The summed E-state index contributed by atoms with van der Waals surface area (Å²) < 4.78 is 5.75. The van der Waals surface area contributed by atoms with Crippen LogP contribution in [0.1, 0.15) is 77.0 Å². The fraction of sp³-hybridized carbons (Fsp3) is 0.519. The van der Waals surface area contributed by atoms with Crippen LogP contribution in [0.4, 0.5) is 0 Å². The Hall–Kier alpha value is -2.13. The minimum absolute atomic E-state index is 0.0854. The number of benzene rings is 2. The summed E-state index contributed by atoms with van der Waals surface area (Å²) >= 11 is 0. The zero-order valence-electron chi connectivity index (χ0n) is 19.0. The van der Waals surface area contributed by atoms with Crippen molar-refractivity contribution in [2.75, 3.05) is 0 Å². The molecule has 1 aliphatic rings. The summed E-state index contributed by atoms with van der Waals surface area (Å²) in [6, 6.07) is 21.7. The second kappa shape index (κ2) is 10.3. The molecule has 0 unspecified atom stereocenters. The lowest BCUT2D eigenvalue weighted by Gasteiger charge is -2.40. The average molecular weight is 408 g/mol.